The lowest BCUT2D eigenvalue weighted by Crippen LogP contribution is -2.32. The van der Waals surface area contributed by atoms with Gasteiger partial charge in [0.15, 0.2) is 0 Å². The van der Waals surface area contributed by atoms with Crippen LogP contribution in [0.2, 0.25) is 0 Å². The predicted molar refractivity (Wildman–Crippen MR) is 78.7 cm³/mol. The molecule has 18 heavy (non-hydrogen) atoms. The largest absolute Gasteiger partial charge is 0.193 e. The van der Waals surface area contributed by atoms with E-state index in [0.29, 0.717) is 0 Å². The molecule has 96 valence electrons. The summed E-state index contributed by atoms with van der Waals surface area (Å²) < 4.78 is 0. The Labute approximate surface area is 110 Å². The van der Waals surface area contributed by atoms with Gasteiger partial charge in [0.1, 0.15) is 0 Å². The van der Waals surface area contributed by atoms with E-state index in [1.807, 2.05) is 0 Å². The van der Waals surface area contributed by atoms with Crippen LogP contribution in [0.5, 0.6) is 0 Å². The molecule has 0 aliphatic rings. The first-order valence-electron chi connectivity index (χ1n) is 6.31. The number of rotatable bonds is 0. The fourth-order valence-electron chi connectivity index (χ4n) is 2.19. The summed E-state index contributed by atoms with van der Waals surface area (Å²) in [7, 11) is 0. The molecule has 0 aliphatic heterocycles. The molecule has 1 nitrogen and oxygen atoms in total. The van der Waals surface area contributed by atoms with Crippen LogP contribution in [0.15, 0.2) is 12.1 Å². The topological polar surface area (TPSA) is 23.8 Å². The molecule has 0 fully saturated rings. The van der Waals surface area contributed by atoms with Crippen molar-refractivity contribution >= 4 is 12.7 Å². The zero-order valence-corrected chi connectivity index (χ0v) is 12.4. The third-order valence-corrected chi connectivity index (χ3v) is 3.12. The number of hydrogen-bond donors (Lipinski definition) is 0. The van der Waals surface area contributed by atoms with Gasteiger partial charge in [0.25, 0.3) is 0 Å². The van der Waals surface area contributed by atoms with Gasteiger partial charge in [-0.2, -0.15) is 5.26 Å². The highest BCUT2D eigenvalue weighted by atomic mass is 14.3. The summed E-state index contributed by atoms with van der Waals surface area (Å²) in [5, 5.41) is 10.9. The molecule has 0 N–H and O–H groups in total. The molecule has 0 bridgehead atoms. The van der Waals surface area contributed by atoms with Crippen LogP contribution in [-0.4, -0.2) is 0 Å². The average molecular weight is 241 g/mol. The standard InChI is InChI=1S/C17H23N/c1-12-14(16(2,3)4)10-13(8-9-18)11-15(12)17(5,6)7/h8,10-11H,1H2,2-7H3. The van der Waals surface area contributed by atoms with E-state index in [9.17, 15) is 0 Å². The Hall–Kier alpha value is -1.55. The summed E-state index contributed by atoms with van der Waals surface area (Å²) >= 11 is 0. The van der Waals surface area contributed by atoms with E-state index < -0.39 is 0 Å². The van der Waals surface area contributed by atoms with Gasteiger partial charge in [0.05, 0.1) is 6.07 Å². The Morgan fingerprint density at radius 3 is 1.67 bits per heavy atom. The highest BCUT2D eigenvalue weighted by Gasteiger charge is 2.21. The normalized spacial score (nSPS) is 12.1. The smallest absolute Gasteiger partial charge is 0.0918 e. The molecular formula is C17H23N. The van der Waals surface area contributed by atoms with Crippen LogP contribution in [0.3, 0.4) is 0 Å². The van der Waals surface area contributed by atoms with Gasteiger partial charge in [-0.3, -0.25) is 0 Å². The third-order valence-electron chi connectivity index (χ3n) is 3.12. The van der Waals surface area contributed by atoms with E-state index in [0.717, 1.165) is 10.4 Å². The van der Waals surface area contributed by atoms with Crippen LogP contribution < -0.4 is 10.4 Å². The minimum absolute atomic E-state index is 0.0381. The van der Waals surface area contributed by atoms with Crippen LogP contribution in [-0.2, 0) is 10.8 Å². The molecule has 0 radical (unpaired) electrons. The summed E-state index contributed by atoms with van der Waals surface area (Å²) in [6.45, 7) is 17.3. The van der Waals surface area contributed by atoms with Crippen LogP contribution in [0.1, 0.15) is 52.7 Å². The molecule has 0 aromatic heterocycles. The first kappa shape index (κ1) is 14.5. The fourth-order valence-corrected chi connectivity index (χ4v) is 2.19. The second kappa shape index (κ2) is 4.61. The second-order valence-electron chi connectivity index (χ2n) is 6.87. The van der Waals surface area contributed by atoms with Crippen LogP contribution in [0, 0.1) is 11.3 Å². The maximum atomic E-state index is 8.86. The maximum Gasteiger partial charge on any atom is 0.0918 e. The Morgan fingerprint density at radius 1 is 1.00 bits per heavy atom. The molecular weight excluding hydrogens is 218 g/mol. The molecule has 0 unspecified atom stereocenters. The van der Waals surface area contributed by atoms with E-state index in [1.54, 1.807) is 6.08 Å². The van der Waals surface area contributed by atoms with Gasteiger partial charge in [-0.15, -0.1) is 0 Å². The lowest BCUT2D eigenvalue weighted by Gasteiger charge is -2.26. The monoisotopic (exact) mass is 241 g/mol. The summed E-state index contributed by atoms with van der Waals surface area (Å²) in [4.78, 5) is 0. The molecule has 0 spiro atoms. The zero-order chi connectivity index (χ0) is 14.1. The van der Waals surface area contributed by atoms with E-state index in [1.165, 1.54) is 11.1 Å². The highest BCUT2D eigenvalue weighted by Crippen LogP contribution is 2.22. The summed E-state index contributed by atoms with van der Waals surface area (Å²) in [5.74, 6) is 0. The van der Waals surface area contributed by atoms with Crippen molar-refractivity contribution in [3.63, 3.8) is 0 Å². The molecule has 1 heteroatoms. The van der Waals surface area contributed by atoms with Crippen molar-refractivity contribution in [2.24, 2.45) is 0 Å². The molecule has 0 saturated heterocycles. The molecule has 0 amide bonds. The lowest BCUT2D eigenvalue weighted by atomic mass is 9.78. The Bertz CT molecular complexity index is 545. The first-order chi connectivity index (χ1) is 8.07. The first-order valence-corrected chi connectivity index (χ1v) is 6.31. The van der Waals surface area contributed by atoms with Gasteiger partial charge >= 0.3 is 0 Å². The van der Waals surface area contributed by atoms with Gasteiger partial charge in [-0.1, -0.05) is 48.1 Å². The summed E-state index contributed by atoms with van der Waals surface area (Å²) in [6, 6.07) is 6.28. The van der Waals surface area contributed by atoms with Gasteiger partial charge in [-0.25, -0.2) is 0 Å². The summed E-state index contributed by atoms with van der Waals surface area (Å²) in [5.41, 5.74) is 2.51. The molecule has 0 aliphatic carbocycles. The Morgan fingerprint density at radius 2 is 1.39 bits per heavy atom. The average Bonchev–Trinajstić information content (AvgIpc) is 2.17. The van der Waals surface area contributed by atoms with Crippen LogP contribution in [0.4, 0.5) is 0 Å². The molecule has 0 saturated carbocycles. The van der Waals surface area contributed by atoms with E-state index in [-0.39, 0.29) is 10.8 Å². The van der Waals surface area contributed by atoms with Crippen molar-refractivity contribution in [1.82, 2.24) is 0 Å². The van der Waals surface area contributed by atoms with Gasteiger partial charge < -0.3 is 0 Å². The molecule has 0 heterocycles. The van der Waals surface area contributed by atoms with Gasteiger partial charge in [0, 0.05) is 6.08 Å². The second-order valence-corrected chi connectivity index (χ2v) is 6.87. The predicted octanol–water partition coefficient (Wildman–Crippen LogP) is 3.00. The van der Waals surface area contributed by atoms with Gasteiger partial charge in [0.2, 0.25) is 0 Å². The Kier molecular flexibility index (Phi) is 3.72. The number of nitriles is 1. The SMILES string of the molecule is C=c1c(C(C)(C)C)cc(=CC#N)cc1C(C)(C)C. The third kappa shape index (κ3) is 3.01. The minimum atomic E-state index is 0.0381. The highest BCUT2D eigenvalue weighted by molar-refractivity contribution is 5.45. The van der Waals surface area contributed by atoms with E-state index in [2.05, 4.69) is 66.3 Å². The van der Waals surface area contributed by atoms with Crippen molar-refractivity contribution in [2.45, 2.75) is 52.4 Å². The van der Waals surface area contributed by atoms with Crippen molar-refractivity contribution in [1.29, 1.82) is 5.26 Å². The zero-order valence-electron chi connectivity index (χ0n) is 12.4. The molecule has 1 aromatic rings. The van der Waals surface area contributed by atoms with E-state index in [4.69, 9.17) is 5.26 Å². The van der Waals surface area contributed by atoms with Crippen molar-refractivity contribution < 1.29 is 0 Å². The Balaban J connectivity index is 3.78. The van der Waals surface area contributed by atoms with Crippen LogP contribution >= 0.6 is 0 Å². The van der Waals surface area contributed by atoms with Crippen molar-refractivity contribution in [3.05, 3.63) is 33.7 Å². The van der Waals surface area contributed by atoms with Crippen molar-refractivity contribution in [2.75, 3.05) is 0 Å². The quantitative estimate of drug-likeness (QED) is 0.685. The maximum absolute atomic E-state index is 8.86. The number of benzene rings is 1. The van der Waals surface area contributed by atoms with E-state index >= 15 is 0 Å². The molecule has 0 atom stereocenters. The molecule has 1 rings (SSSR count). The number of hydrogen-bond acceptors (Lipinski definition) is 1. The fraction of sp³-hybridized carbons (Fsp3) is 0.471. The summed E-state index contributed by atoms with van der Waals surface area (Å²) in [6.07, 6.45) is 1.60. The molecule has 1 aromatic carbocycles. The minimum Gasteiger partial charge on any atom is -0.193 e. The lowest BCUT2D eigenvalue weighted by molar-refractivity contribution is 0.560. The van der Waals surface area contributed by atoms with Crippen molar-refractivity contribution in [3.8, 4) is 6.07 Å². The van der Waals surface area contributed by atoms with Crippen LogP contribution in [0.25, 0.3) is 12.7 Å². The van der Waals surface area contributed by atoms with Gasteiger partial charge in [-0.05, 0) is 44.5 Å². The number of nitrogens with zero attached hydrogens (tertiary/aromatic N) is 1.